The second-order valence-electron chi connectivity index (χ2n) is 5.69. The molecule has 0 bridgehead atoms. The molecule has 2 aromatic heterocycles. The highest BCUT2D eigenvalue weighted by Gasteiger charge is 2.12. The molecule has 3 heteroatoms. The van der Waals surface area contributed by atoms with Gasteiger partial charge >= 0.3 is 0 Å². The van der Waals surface area contributed by atoms with E-state index in [-0.39, 0.29) is 5.78 Å². The van der Waals surface area contributed by atoms with Crippen molar-refractivity contribution in [3.63, 3.8) is 0 Å². The van der Waals surface area contributed by atoms with Crippen LogP contribution in [0.4, 0.5) is 0 Å². The molecule has 0 saturated carbocycles. The molecule has 2 heterocycles. The van der Waals surface area contributed by atoms with Crippen molar-refractivity contribution in [2.75, 3.05) is 0 Å². The van der Waals surface area contributed by atoms with E-state index in [4.69, 9.17) is 0 Å². The molecule has 3 nitrogen and oxygen atoms in total. The number of nitrogens with zero attached hydrogens (tertiary/aromatic N) is 2. The average Bonchev–Trinajstić information content (AvgIpc) is 2.55. The lowest BCUT2D eigenvalue weighted by Gasteiger charge is -2.08. The Morgan fingerprint density at radius 2 is 1.86 bits per heavy atom. The Balaban J connectivity index is 1.92. The maximum Gasteiger partial charge on any atom is 0.185 e. The number of ketones is 1. The fourth-order valence-electron chi connectivity index (χ4n) is 2.50. The summed E-state index contributed by atoms with van der Waals surface area (Å²) < 4.78 is 0. The Hall–Kier alpha value is -2.55. The lowest BCUT2D eigenvalue weighted by Crippen LogP contribution is -2.08. The monoisotopic (exact) mass is 290 g/mol. The molecule has 0 unspecified atom stereocenters. The molecule has 0 spiro atoms. The average molecular weight is 290 g/mol. The second-order valence-corrected chi connectivity index (χ2v) is 5.69. The number of para-hydroxylation sites is 1. The van der Waals surface area contributed by atoms with Gasteiger partial charge in [0, 0.05) is 23.7 Å². The molecular formula is C19H18N2O. The summed E-state index contributed by atoms with van der Waals surface area (Å²) in [5.41, 5.74) is 3.39. The van der Waals surface area contributed by atoms with Gasteiger partial charge in [-0.2, -0.15) is 0 Å². The first-order chi connectivity index (χ1) is 10.6. The van der Waals surface area contributed by atoms with Crippen molar-refractivity contribution in [2.45, 2.75) is 26.2 Å². The topological polar surface area (TPSA) is 42.9 Å². The number of pyridine rings is 2. The van der Waals surface area contributed by atoms with Gasteiger partial charge in [-0.3, -0.25) is 9.78 Å². The van der Waals surface area contributed by atoms with E-state index in [0.717, 1.165) is 22.2 Å². The number of benzene rings is 1. The van der Waals surface area contributed by atoms with Gasteiger partial charge in [0.1, 0.15) is 5.69 Å². The maximum atomic E-state index is 12.5. The molecule has 0 aliphatic heterocycles. The van der Waals surface area contributed by atoms with Crippen LogP contribution in [0.5, 0.6) is 0 Å². The Morgan fingerprint density at radius 1 is 1.05 bits per heavy atom. The van der Waals surface area contributed by atoms with E-state index in [1.807, 2.05) is 42.5 Å². The molecular weight excluding hydrogens is 272 g/mol. The number of carbonyl (C=O) groups excluding carboxylic acids is 1. The van der Waals surface area contributed by atoms with Crippen molar-refractivity contribution in [3.8, 4) is 0 Å². The van der Waals surface area contributed by atoms with Crippen molar-refractivity contribution < 1.29 is 4.79 Å². The van der Waals surface area contributed by atoms with Gasteiger partial charge in [-0.1, -0.05) is 38.1 Å². The number of aromatic nitrogens is 2. The van der Waals surface area contributed by atoms with Crippen LogP contribution in [0.1, 0.15) is 41.5 Å². The smallest absolute Gasteiger partial charge is 0.185 e. The van der Waals surface area contributed by atoms with E-state index in [2.05, 4.69) is 23.8 Å². The van der Waals surface area contributed by atoms with Crippen LogP contribution in [0.3, 0.4) is 0 Å². The summed E-state index contributed by atoms with van der Waals surface area (Å²) in [6, 6.07) is 15.4. The van der Waals surface area contributed by atoms with Crippen LogP contribution < -0.4 is 0 Å². The predicted octanol–water partition coefficient (Wildman–Crippen LogP) is 4.18. The van der Waals surface area contributed by atoms with Crippen molar-refractivity contribution in [3.05, 3.63) is 71.7 Å². The quantitative estimate of drug-likeness (QED) is 0.677. The first-order valence-electron chi connectivity index (χ1n) is 7.48. The zero-order valence-electron chi connectivity index (χ0n) is 12.8. The Bertz CT molecular complexity index is 819. The van der Waals surface area contributed by atoms with Gasteiger partial charge in [-0.15, -0.1) is 0 Å². The first-order valence-corrected chi connectivity index (χ1v) is 7.48. The van der Waals surface area contributed by atoms with Gasteiger partial charge in [0.2, 0.25) is 0 Å². The van der Waals surface area contributed by atoms with E-state index in [1.165, 1.54) is 0 Å². The second kappa shape index (κ2) is 6.06. The van der Waals surface area contributed by atoms with Crippen LogP contribution in [0, 0.1) is 0 Å². The van der Waals surface area contributed by atoms with Gasteiger partial charge in [0.25, 0.3) is 0 Å². The van der Waals surface area contributed by atoms with E-state index >= 15 is 0 Å². The lowest BCUT2D eigenvalue weighted by atomic mass is 10.0. The lowest BCUT2D eigenvalue weighted by molar-refractivity contribution is 0.0988. The largest absolute Gasteiger partial charge is 0.292 e. The number of hydrogen-bond acceptors (Lipinski definition) is 3. The van der Waals surface area contributed by atoms with Crippen LogP contribution in [0.15, 0.2) is 54.7 Å². The third-order valence-electron chi connectivity index (χ3n) is 3.74. The molecule has 0 atom stereocenters. The molecule has 22 heavy (non-hydrogen) atoms. The summed E-state index contributed by atoms with van der Waals surface area (Å²) in [5.74, 6) is 0.355. The van der Waals surface area contributed by atoms with Gasteiger partial charge in [-0.25, -0.2) is 4.98 Å². The number of hydrogen-bond donors (Lipinski definition) is 0. The molecule has 1 aromatic carbocycles. The van der Waals surface area contributed by atoms with Gasteiger partial charge in [0.15, 0.2) is 5.78 Å². The highest BCUT2D eigenvalue weighted by molar-refractivity contribution is 5.98. The summed E-state index contributed by atoms with van der Waals surface area (Å²) in [6.07, 6.45) is 2.10. The summed E-state index contributed by atoms with van der Waals surface area (Å²) in [4.78, 5) is 21.4. The number of carbonyl (C=O) groups is 1. The zero-order valence-corrected chi connectivity index (χ0v) is 12.8. The van der Waals surface area contributed by atoms with Crippen LogP contribution >= 0.6 is 0 Å². The minimum absolute atomic E-state index is 0.0406. The highest BCUT2D eigenvalue weighted by atomic mass is 16.1. The molecule has 0 amide bonds. The Labute approximate surface area is 130 Å². The third-order valence-corrected chi connectivity index (χ3v) is 3.74. The van der Waals surface area contributed by atoms with Gasteiger partial charge in [-0.05, 0) is 35.7 Å². The number of fused-ring (bicyclic) bond motifs is 1. The fraction of sp³-hybridized carbons (Fsp3) is 0.211. The van der Waals surface area contributed by atoms with Crippen LogP contribution in [0.2, 0.25) is 0 Å². The van der Waals surface area contributed by atoms with E-state index in [1.54, 1.807) is 12.3 Å². The molecule has 3 rings (SSSR count). The molecule has 110 valence electrons. The third kappa shape index (κ3) is 2.89. The molecule has 0 aliphatic rings. The van der Waals surface area contributed by atoms with Crippen LogP contribution in [-0.2, 0) is 6.42 Å². The summed E-state index contributed by atoms with van der Waals surface area (Å²) in [5, 5.41) is 1.03. The minimum atomic E-state index is 0.0406. The summed E-state index contributed by atoms with van der Waals surface area (Å²) in [6.45, 7) is 4.15. The standard InChI is InChI=1S/C19H18N2O/c1-13(2)16-8-5-9-18(21-16)19(22)12-14-10-11-20-17-7-4-3-6-15(14)17/h3-11,13H,12H2,1-2H3. The summed E-state index contributed by atoms with van der Waals surface area (Å²) in [7, 11) is 0. The molecule has 0 saturated heterocycles. The normalized spacial score (nSPS) is 11.0. The predicted molar refractivity (Wildman–Crippen MR) is 88.1 cm³/mol. The zero-order chi connectivity index (χ0) is 15.5. The van der Waals surface area contributed by atoms with E-state index in [9.17, 15) is 4.79 Å². The van der Waals surface area contributed by atoms with Crippen LogP contribution in [0.25, 0.3) is 10.9 Å². The molecule has 0 fully saturated rings. The molecule has 3 aromatic rings. The number of rotatable bonds is 4. The van der Waals surface area contributed by atoms with Crippen molar-refractivity contribution in [1.29, 1.82) is 0 Å². The van der Waals surface area contributed by atoms with E-state index < -0.39 is 0 Å². The Kier molecular flexibility index (Phi) is 3.96. The maximum absolute atomic E-state index is 12.5. The molecule has 0 radical (unpaired) electrons. The SMILES string of the molecule is CC(C)c1cccc(C(=O)Cc2ccnc3ccccc23)n1. The summed E-state index contributed by atoms with van der Waals surface area (Å²) >= 11 is 0. The van der Waals surface area contributed by atoms with Crippen molar-refractivity contribution in [1.82, 2.24) is 9.97 Å². The minimum Gasteiger partial charge on any atom is -0.292 e. The van der Waals surface area contributed by atoms with Gasteiger partial charge < -0.3 is 0 Å². The Morgan fingerprint density at radius 3 is 2.68 bits per heavy atom. The number of Topliss-reactive ketones (excluding diaryl/α,β-unsaturated/α-hetero) is 1. The van der Waals surface area contributed by atoms with Gasteiger partial charge in [0.05, 0.1) is 5.52 Å². The van der Waals surface area contributed by atoms with E-state index in [0.29, 0.717) is 18.0 Å². The highest BCUT2D eigenvalue weighted by Crippen LogP contribution is 2.18. The van der Waals surface area contributed by atoms with Crippen molar-refractivity contribution >= 4 is 16.7 Å². The van der Waals surface area contributed by atoms with Crippen molar-refractivity contribution in [2.24, 2.45) is 0 Å². The first kappa shape index (κ1) is 14.4. The fourth-order valence-corrected chi connectivity index (χ4v) is 2.50. The van der Waals surface area contributed by atoms with Crippen LogP contribution in [-0.4, -0.2) is 15.8 Å². The molecule has 0 N–H and O–H groups in total. The molecule has 0 aliphatic carbocycles.